The van der Waals surface area contributed by atoms with Crippen molar-refractivity contribution in [2.24, 2.45) is 0 Å². The molecule has 4 aromatic rings. The van der Waals surface area contributed by atoms with E-state index in [1.54, 1.807) is 17.0 Å². The van der Waals surface area contributed by atoms with Crippen LogP contribution in [-0.2, 0) is 6.42 Å². The van der Waals surface area contributed by atoms with Crippen molar-refractivity contribution in [2.75, 3.05) is 32.5 Å². The van der Waals surface area contributed by atoms with E-state index in [4.69, 9.17) is 5.41 Å². The van der Waals surface area contributed by atoms with Crippen LogP contribution >= 0.6 is 0 Å². The first-order valence-corrected chi connectivity index (χ1v) is 11.8. The number of amidine groups is 1. The van der Waals surface area contributed by atoms with E-state index in [-0.39, 0.29) is 11.3 Å². The summed E-state index contributed by atoms with van der Waals surface area (Å²) in [6.07, 6.45) is 0.0243. The highest BCUT2D eigenvalue weighted by atomic mass is 16.3. The third-order valence-corrected chi connectivity index (χ3v) is 6.04. The molecule has 1 aromatic heterocycles. The minimum Gasteiger partial charge on any atom is -0.506 e. The molecule has 0 saturated heterocycles. The van der Waals surface area contributed by atoms with Crippen molar-refractivity contribution in [3.8, 4) is 5.75 Å². The van der Waals surface area contributed by atoms with Crippen molar-refractivity contribution in [1.82, 2.24) is 15.2 Å². The molecule has 8 heteroatoms. The average Bonchev–Trinajstić information content (AvgIpc) is 2.88. The van der Waals surface area contributed by atoms with E-state index < -0.39 is 6.10 Å². The molecule has 6 N–H and O–H groups in total. The fourth-order valence-corrected chi connectivity index (χ4v) is 4.02. The van der Waals surface area contributed by atoms with Gasteiger partial charge >= 0.3 is 0 Å². The van der Waals surface area contributed by atoms with Gasteiger partial charge in [-0.2, -0.15) is 0 Å². The van der Waals surface area contributed by atoms with Crippen LogP contribution in [0.15, 0.2) is 77.6 Å². The monoisotopic (exact) mass is 485 g/mol. The SMILES string of the molecule is CN(C)C(=N)c1ccc(Nc2ccc(CCNC[C@@H](O)c3ccc(O)c4[nH]c(=O)ccc34)cc2)cc1. The maximum atomic E-state index is 11.6. The van der Waals surface area contributed by atoms with Crippen LogP contribution in [0.3, 0.4) is 0 Å². The number of H-pyrrole nitrogens is 1. The van der Waals surface area contributed by atoms with Gasteiger partial charge in [0.05, 0.1) is 11.6 Å². The Balaban J connectivity index is 1.27. The zero-order valence-electron chi connectivity index (χ0n) is 20.4. The highest BCUT2D eigenvalue weighted by Gasteiger charge is 2.13. The lowest BCUT2D eigenvalue weighted by Gasteiger charge is -2.15. The first-order valence-electron chi connectivity index (χ1n) is 11.8. The lowest BCUT2D eigenvalue weighted by molar-refractivity contribution is 0.176. The largest absolute Gasteiger partial charge is 0.506 e. The van der Waals surface area contributed by atoms with Crippen LogP contribution in [0.4, 0.5) is 11.4 Å². The Morgan fingerprint density at radius 1 is 0.972 bits per heavy atom. The Bertz CT molecular complexity index is 1400. The fraction of sp³-hybridized carbons (Fsp3) is 0.214. The van der Waals surface area contributed by atoms with Gasteiger partial charge in [-0.15, -0.1) is 0 Å². The summed E-state index contributed by atoms with van der Waals surface area (Å²) in [6, 6.07) is 22.1. The average molecular weight is 486 g/mol. The van der Waals surface area contributed by atoms with Gasteiger partial charge in [-0.3, -0.25) is 10.2 Å². The Morgan fingerprint density at radius 3 is 2.31 bits per heavy atom. The van der Waals surface area contributed by atoms with Crippen molar-refractivity contribution in [1.29, 1.82) is 5.41 Å². The van der Waals surface area contributed by atoms with Crippen molar-refractivity contribution < 1.29 is 10.2 Å². The second kappa shape index (κ2) is 11.1. The number of rotatable bonds is 9. The van der Waals surface area contributed by atoms with Crippen molar-refractivity contribution in [2.45, 2.75) is 12.5 Å². The Labute approximate surface area is 209 Å². The number of fused-ring (bicyclic) bond motifs is 1. The number of aliphatic hydroxyl groups excluding tert-OH is 1. The molecule has 0 spiro atoms. The van der Waals surface area contributed by atoms with Gasteiger partial charge in [-0.05, 0) is 72.6 Å². The number of aromatic amines is 1. The molecule has 0 aliphatic carbocycles. The molecular weight excluding hydrogens is 454 g/mol. The maximum Gasteiger partial charge on any atom is 0.248 e. The van der Waals surface area contributed by atoms with E-state index in [1.807, 2.05) is 50.5 Å². The molecule has 3 aromatic carbocycles. The number of phenols is 1. The summed E-state index contributed by atoms with van der Waals surface area (Å²) in [5.74, 6) is 0.450. The lowest BCUT2D eigenvalue weighted by atomic mass is 10.0. The smallest absolute Gasteiger partial charge is 0.248 e. The molecule has 8 nitrogen and oxygen atoms in total. The fourth-order valence-electron chi connectivity index (χ4n) is 4.02. The molecule has 0 amide bonds. The summed E-state index contributed by atoms with van der Waals surface area (Å²) in [5.41, 5.74) is 4.65. The summed E-state index contributed by atoms with van der Waals surface area (Å²) in [7, 11) is 3.71. The van der Waals surface area contributed by atoms with E-state index in [2.05, 4.69) is 27.8 Å². The maximum absolute atomic E-state index is 11.6. The van der Waals surface area contributed by atoms with Crippen LogP contribution in [0.1, 0.15) is 22.8 Å². The predicted octanol–water partition coefficient (Wildman–Crippen LogP) is 3.73. The molecule has 0 radical (unpaired) electrons. The number of nitrogens with zero attached hydrogens (tertiary/aromatic N) is 1. The normalized spacial score (nSPS) is 11.9. The number of aromatic nitrogens is 1. The van der Waals surface area contributed by atoms with Crippen LogP contribution in [0.25, 0.3) is 10.9 Å². The number of nitrogens with one attached hydrogen (secondary N) is 4. The minimum absolute atomic E-state index is 0.0219. The number of anilines is 2. The molecule has 0 fully saturated rings. The van der Waals surface area contributed by atoms with Gasteiger partial charge in [-0.1, -0.05) is 18.2 Å². The first kappa shape index (κ1) is 25.0. The summed E-state index contributed by atoms with van der Waals surface area (Å²) in [4.78, 5) is 16.0. The first-order chi connectivity index (χ1) is 17.3. The zero-order chi connectivity index (χ0) is 25.7. The van der Waals surface area contributed by atoms with Gasteiger partial charge in [0.2, 0.25) is 5.56 Å². The second-order valence-electron chi connectivity index (χ2n) is 8.90. The van der Waals surface area contributed by atoms with E-state index in [0.717, 1.165) is 23.4 Å². The highest BCUT2D eigenvalue weighted by molar-refractivity contribution is 5.96. The van der Waals surface area contributed by atoms with Crippen molar-refractivity contribution in [3.05, 3.63) is 99.8 Å². The topological polar surface area (TPSA) is 124 Å². The van der Waals surface area contributed by atoms with E-state index in [1.165, 1.54) is 17.7 Å². The summed E-state index contributed by atoms with van der Waals surface area (Å²) >= 11 is 0. The molecule has 1 heterocycles. The zero-order valence-corrected chi connectivity index (χ0v) is 20.4. The molecule has 0 aliphatic heterocycles. The van der Waals surface area contributed by atoms with Gasteiger partial charge in [-0.25, -0.2) is 0 Å². The molecule has 0 aliphatic rings. The molecule has 1 atom stereocenters. The number of hydrogen-bond acceptors (Lipinski definition) is 6. The highest BCUT2D eigenvalue weighted by Crippen LogP contribution is 2.28. The van der Waals surface area contributed by atoms with Crippen LogP contribution in [0.2, 0.25) is 0 Å². The standard InChI is InChI=1S/C28H31N5O3/c1-33(2)28(29)19-5-9-21(10-6-19)31-20-7-3-18(4-8-20)15-16-30-17-25(35)22-11-13-24(34)27-23(22)12-14-26(36)32-27/h3-14,25,29-31,34-35H,15-17H2,1-2H3,(H,32,36)/t25-/m1/s1. The van der Waals surface area contributed by atoms with Gasteiger partial charge in [0.1, 0.15) is 11.6 Å². The van der Waals surface area contributed by atoms with Crippen LogP contribution < -0.4 is 16.2 Å². The Morgan fingerprint density at radius 2 is 1.64 bits per heavy atom. The van der Waals surface area contributed by atoms with E-state index >= 15 is 0 Å². The van der Waals surface area contributed by atoms with E-state index in [9.17, 15) is 15.0 Å². The number of pyridine rings is 1. The molecule has 186 valence electrons. The van der Waals surface area contributed by atoms with Gasteiger partial charge < -0.3 is 30.7 Å². The number of benzene rings is 3. The quantitative estimate of drug-likeness (QED) is 0.122. The number of aliphatic hydroxyl groups is 1. The van der Waals surface area contributed by atoms with Crippen LogP contribution in [-0.4, -0.2) is 53.1 Å². The van der Waals surface area contributed by atoms with Crippen LogP contribution in [0.5, 0.6) is 5.75 Å². The third-order valence-electron chi connectivity index (χ3n) is 6.04. The molecule has 0 saturated carbocycles. The molecule has 0 bridgehead atoms. The third kappa shape index (κ3) is 5.91. The number of aromatic hydroxyl groups is 1. The van der Waals surface area contributed by atoms with Gasteiger partial charge in [0, 0.05) is 49.0 Å². The van der Waals surface area contributed by atoms with Crippen LogP contribution in [0, 0.1) is 5.41 Å². The molecule has 0 unspecified atom stereocenters. The number of phenolic OH excluding ortho intramolecular Hbond substituents is 1. The van der Waals surface area contributed by atoms with E-state index in [0.29, 0.717) is 35.4 Å². The number of hydrogen-bond donors (Lipinski definition) is 6. The predicted molar refractivity (Wildman–Crippen MR) is 144 cm³/mol. The second-order valence-corrected chi connectivity index (χ2v) is 8.90. The van der Waals surface area contributed by atoms with Crippen molar-refractivity contribution >= 4 is 28.1 Å². The lowest BCUT2D eigenvalue weighted by Crippen LogP contribution is -2.24. The van der Waals surface area contributed by atoms with Gasteiger partial charge in [0.25, 0.3) is 0 Å². The summed E-state index contributed by atoms with van der Waals surface area (Å²) in [5, 5.41) is 36.0. The van der Waals surface area contributed by atoms with Crippen molar-refractivity contribution in [3.63, 3.8) is 0 Å². The summed E-state index contributed by atoms with van der Waals surface area (Å²) in [6.45, 7) is 1.04. The molecule has 4 rings (SSSR count). The van der Waals surface area contributed by atoms with Gasteiger partial charge in [0.15, 0.2) is 0 Å². The minimum atomic E-state index is -0.779. The molecule has 36 heavy (non-hydrogen) atoms. The summed E-state index contributed by atoms with van der Waals surface area (Å²) < 4.78 is 0. The Hall–Kier alpha value is -4.14. The molecular formula is C28H31N5O3. The Kier molecular flexibility index (Phi) is 7.68.